The van der Waals surface area contributed by atoms with Crippen molar-refractivity contribution in [3.8, 4) is 5.75 Å². The van der Waals surface area contributed by atoms with Gasteiger partial charge in [0.05, 0.1) is 11.4 Å². The molecule has 2 aromatic rings. The van der Waals surface area contributed by atoms with Gasteiger partial charge in [-0.1, -0.05) is 0 Å². The molecule has 0 atom stereocenters. The van der Waals surface area contributed by atoms with Crippen molar-refractivity contribution in [2.75, 3.05) is 17.2 Å². The molecule has 2 rings (SSSR count). The third kappa shape index (κ3) is 7.25. The van der Waals surface area contributed by atoms with Gasteiger partial charge in [-0.25, -0.2) is 9.18 Å². The van der Waals surface area contributed by atoms with Gasteiger partial charge in [0.2, 0.25) is 0 Å². The largest absolute Gasteiger partial charge is 0.484 e. The van der Waals surface area contributed by atoms with Crippen LogP contribution in [0, 0.1) is 5.82 Å². The topological polar surface area (TPSA) is 93.7 Å². The number of Topliss-reactive ketones (excluding diaryl/α,β-unsaturated/α-hetero) is 1. The molecule has 0 saturated carbocycles. The van der Waals surface area contributed by atoms with Crippen LogP contribution in [-0.2, 0) is 9.53 Å². The second-order valence-electron chi connectivity index (χ2n) is 7.23. The maximum Gasteiger partial charge on any atom is 0.412 e. The van der Waals surface area contributed by atoms with Gasteiger partial charge < -0.3 is 14.8 Å². The molecule has 0 aliphatic heterocycles. The van der Waals surface area contributed by atoms with Gasteiger partial charge >= 0.3 is 6.09 Å². The molecular weight excluding hydrogens is 379 g/mol. The second kappa shape index (κ2) is 9.18. The normalized spacial score (nSPS) is 10.8. The van der Waals surface area contributed by atoms with Crippen LogP contribution in [0.1, 0.15) is 38.1 Å². The fraction of sp³-hybridized carbons (Fsp3) is 0.286. The summed E-state index contributed by atoms with van der Waals surface area (Å²) in [6.07, 6.45) is -0.735. The van der Waals surface area contributed by atoms with E-state index < -0.39 is 23.4 Å². The number of nitrogens with one attached hydrogen (secondary N) is 2. The smallest absolute Gasteiger partial charge is 0.412 e. The molecule has 2 aromatic carbocycles. The highest BCUT2D eigenvalue weighted by atomic mass is 19.1. The zero-order valence-electron chi connectivity index (χ0n) is 16.7. The van der Waals surface area contributed by atoms with E-state index in [0.717, 1.165) is 12.1 Å². The van der Waals surface area contributed by atoms with Crippen LogP contribution in [0.3, 0.4) is 0 Å². The minimum atomic E-state index is -0.735. The van der Waals surface area contributed by atoms with Gasteiger partial charge in [-0.2, -0.15) is 0 Å². The Bertz CT molecular complexity index is 904. The van der Waals surface area contributed by atoms with Crippen LogP contribution in [0.15, 0.2) is 42.5 Å². The summed E-state index contributed by atoms with van der Waals surface area (Å²) >= 11 is 0. The SMILES string of the molecule is CC(=O)c1ccc(OCC(=O)Nc2cc(F)ccc2NC(=O)OC(C)(C)C)cc1. The van der Waals surface area contributed by atoms with E-state index in [4.69, 9.17) is 9.47 Å². The summed E-state index contributed by atoms with van der Waals surface area (Å²) in [5, 5.41) is 4.97. The summed E-state index contributed by atoms with van der Waals surface area (Å²) in [4.78, 5) is 35.4. The lowest BCUT2D eigenvalue weighted by Crippen LogP contribution is -2.28. The quantitative estimate of drug-likeness (QED) is 0.699. The highest BCUT2D eigenvalue weighted by Crippen LogP contribution is 2.24. The standard InChI is InChI=1S/C21H23FN2O5/c1-13(25)14-5-8-16(9-6-14)28-12-19(26)23-18-11-15(22)7-10-17(18)24-20(27)29-21(2,3)4/h5-11H,12H2,1-4H3,(H,23,26)(H,24,27). The predicted octanol–water partition coefficient (Wildman–Crippen LogP) is 4.39. The summed E-state index contributed by atoms with van der Waals surface area (Å²) in [6.45, 7) is 6.23. The van der Waals surface area contributed by atoms with Crippen LogP contribution >= 0.6 is 0 Å². The molecule has 7 nitrogen and oxygen atoms in total. The first-order valence-corrected chi connectivity index (χ1v) is 8.87. The van der Waals surface area contributed by atoms with E-state index in [2.05, 4.69) is 10.6 Å². The minimum absolute atomic E-state index is 0.0661. The number of hydrogen-bond donors (Lipinski definition) is 2. The van der Waals surface area contributed by atoms with Crippen LogP contribution in [0.25, 0.3) is 0 Å². The van der Waals surface area contributed by atoms with E-state index >= 15 is 0 Å². The van der Waals surface area contributed by atoms with E-state index in [-0.39, 0.29) is 23.8 Å². The highest BCUT2D eigenvalue weighted by molar-refractivity contribution is 5.98. The Balaban J connectivity index is 2.00. The van der Waals surface area contributed by atoms with Gasteiger partial charge in [0.15, 0.2) is 12.4 Å². The number of hydrogen-bond acceptors (Lipinski definition) is 5. The molecule has 0 heterocycles. The van der Waals surface area contributed by atoms with Gasteiger partial charge in [0, 0.05) is 5.56 Å². The zero-order valence-corrected chi connectivity index (χ0v) is 16.7. The van der Waals surface area contributed by atoms with E-state index in [0.29, 0.717) is 11.3 Å². The summed E-state index contributed by atoms with van der Waals surface area (Å²) < 4.78 is 24.1. The van der Waals surface area contributed by atoms with Crippen molar-refractivity contribution >= 4 is 29.2 Å². The molecule has 0 bridgehead atoms. The number of rotatable bonds is 6. The first kappa shape index (κ1) is 21.9. The molecule has 8 heteroatoms. The van der Waals surface area contributed by atoms with Gasteiger partial charge in [-0.3, -0.25) is 14.9 Å². The Morgan fingerprint density at radius 2 is 1.62 bits per heavy atom. The molecule has 0 aromatic heterocycles. The number of carbonyl (C=O) groups is 3. The number of amides is 2. The van der Waals surface area contributed by atoms with Gasteiger partial charge in [-0.15, -0.1) is 0 Å². The van der Waals surface area contributed by atoms with Crippen LogP contribution in [0.5, 0.6) is 5.75 Å². The second-order valence-corrected chi connectivity index (χ2v) is 7.23. The van der Waals surface area contributed by atoms with Crippen molar-refractivity contribution in [1.29, 1.82) is 0 Å². The van der Waals surface area contributed by atoms with Gasteiger partial charge in [0.1, 0.15) is 17.2 Å². The molecule has 154 valence electrons. The molecular formula is C21H23FN2O5. The van der Waals surface area contributed by atoms with E-state index in [1.807, 2.05) is 0 Å². The summed E-state index contributed by atoms with van der Waals surface area (Å²) in [5.74, 6) is -0.823. The average Bonchev–Trinajstić information content (AvgIpc) is 2.61. The minimum Gasteiger partial charge on any atom is -0.484 e. The Labute approximate surface area is 168 Å². The van der Waals surface area contributed by atoms with Gasteiger partial charge in [0.25, 0.3) is 5.91 Å². The van der Waals surface area contributed by atoms with Crippen molar-refractivity contribution in [2.24, 2.45) is 0 Å². The average molecular weight is 402 g/mol. The first-order valence-electron chi connectivity index (χ1n) is 8.87. The highest BCUT2D eigenvalue weighted by Gasteiger charge is 2.18. The third-order valence-electron chi connectivity index (χ3n) is 3.52. The van der Waals surface area contributed by atoms with Crippen LogP contribution in [0.4, 0.5) is 20.6 Å². The summed E-state index contributed by atoms with van der Waals surface area (Å²) in [5.41, 5.74) is 0.0647. The lowest BCUT2D eigenvalue weighted by molar-refractivity contribution is -0.118. The maximum absolute atomic E-state index is 13.6. The van der Waals surface area contributed by atoms with Crippen LogP contribution in [-0.4, -0.2) is 30.0 Å². The molecule has 0 aliphatic carbocycles. The molecule has 0 unspecified atom stereocenters. The molecule has 0 aliphatic rings. The summed E-state index contributed by atoms with van der Waals surface area (Å²) in [6, 6.07) is 9.86. The third-order valence-corrected chi connectivity index (χ3v) is 3.52. The van der Waals surface area contributed by atoms with E-state index in [9.17, 15) is 18.8 Å². The first-order chi connectivity index (χ1) is 13.5. The molecule has 29 heavy (non-hydrogen) atoms. The van der Waals surface area contributed by atoms with Crippen molar-refractivity contribution in [3.63, 3.8) is 0 Å². The fourth-order valence-electron chi connectivity index (χ4n) is 2.26. The van der Waals surface area contributed by atoms with Crippen molar-refractivity contribution < 1.29 is 28.2 Å². The number of ether oxygens (including phenoxy) is 2. The monoisotopic (exact) mass is 402 g/mol. The van der Waals surface area contributed by atoms with Crippen LogP contribution in [0.2, 0.25) is 0 Å². The molecule has 0 spiro atoms. The van der Waals surface area contributed by atoms with Crippen LogP contribution < -0.4 is 15.4 Å². The molecule has 0 fully saturated rings. The van der Waals surface area contributed by atoms with Gasteiger partial charge in [-0.05, 0) is 70.2 Å². The molecule has 2 N–H and O–H groups in total. The molecule has 2 amide bonds. The Hall–Kier alpha value is -3.42. The zero-order chi connectivity index (χ0) is 21.6. The van der Waals surface area contributed by atoms with Crippen molar-refractivity contribution in [1.82, 2.24) is 0 Å². The Morgan fingerprint density at radius 1 is 0.966 bits per heavy atom. The Morgan fingerprint density at radius 3 is 2.21 bits per heavy atom. The summed E-state index contributed by atoms with van der Waals surface area (Å²) in [7, 11) is 0. The van der Waals surface area contributed by atoms with Crippen molar-refractivity contribution in [3.05, 3.63) is 53.8 Å². The predicted molar refractivity (Wildman–Crippen MR) is 107 cm³/mol. The lowest BCUT2D eigenvalue weighted by atomic mass is 10.1. The number of halogens is 1. The lowest BCUT2D eigenvalue weighted by Gasteiger charge is -2.20. The Kier molecular flexibility index (Phi) is 6.93. The van der Waals surface area contributed by atoms with Crippen molar-refractivity contribution in [2.45, 2.75) is 33.3 Å². The molecule has 0 saturated heterocycles. The maximum atomic E-state index is 13.6. The van der Waals surface area contributed by atoms with E-state index in [1.54, 1.807) is 45.0 Å². The fourth-order valence-corrected chi connectivity index (χ4v) is 2.26. The number of anilines is 2. The molecule has 0 radical (unpaired) electrons. The number of carbonyl (C=O) groups excluding carboxylic acids is 3. The van der Waals surface area contributed by atoms with E-state index in [1.165, 1.54) is 13.0 Å². The number of benzene rings is 2. The number of ketones is 1.